The Morgan fingerprint density at radius 3 is 2.48 bits per heavy atom. The molecule has 1 saturated heterocycles. The van der Waals surface area contributed by atoms with E-state index < -0.39 is 27.8 Å². The zero-order valence-corrected chi connectivity index (χ0v) is 27.7. The average molecular weight is 679 g/mol. The van der Waals surface area contributed by atoms with Gasteiger partial charge in [0.25, 0.3) is 0 Å². The number of pyridine rings is 1. The molecule has 1 amide bonds. The first-order chi connectivity index (χ1) is 23.0. The molecule has 0 radical (unpaired) electrons. The Morgan fingerprint density at radius 1 is 1.08 bits per heavy atom. The third kappa shape index (κ3) is 8.71. The van der Waals surface area contributed by atoms with Gasteiger partial charge in [-0.15, -0.1) is 12.8 Å². The Hall–Kier alpha value is -5.35. The molecule has 1 aromatic heterocycles. The summed E-state index contributed by atoms with van der Waals surface area (Å²) in [5.41, 5.74) is 6.93. The van der Waals surface area contributed by atoms with Crippen molar-refractivity contribution in [2.75, 3.05) is 43.6 Å². The lowest BCUT2D eigenvalue weighted by Gasteiger charge is -2.29. The molecule has 4 N–H and O–H groups in total. The van der Waals surface area contributed by atoms with Gasteiger partial charge in [0.15, 0.2) is 21.3 Å². The minimum absolute atomic E-state index is 0.0714. The summed E-state index contributed by atoms with van der Waals surface area (Å²) in [4.78, 5) is 30.8. The first kappa shape index (κ1) is 37.1. The van der Waals surface area contributed by atoms with Crippen molar-refractivity contribution in [1.29, 1.82) is 0 Å². The molecule has 0 unspecified atom stereocenters. The number of likely N-dealkylation sites (tertiary alicyclic amines) is 1. The van der Waals surface area contributed by atoms with Crippen molar-refractivity contribution in [3.8, 4) is 24.3 Å². The number of carbonyl (C=O) groups excluding carboxylic acids is 1. The number of aromatic nitrogens is 1. The number of fused-ring (bicyclic) bond motifs is 1. The molecule has 0 spiro atoms. The summed E-state index contributed by atoms with van der Waals surface area (Å²) < 4.78 is 48.1. The van der Waals surface area contributed by atoms with E-state index >= 15 is 0 Å². The molecule has 0 aliphatic carbocycles. The number of nitrogens with zero attached hydrogens (tertiary/aromatic N) is 2. The molecule has 1 aliphatic heterocycles. The highest BCUT2D eigenvalue weighted by Gasteiger charge is 2.43. The Kier molecular flexibility index (Phi) is 13.1. The van der Waals surface area contributed by atoms with Crippen LogP contribution in [0.4, 0.5) is 15.9 Å². The van der Waals surface area contributed by atoms with Crippen LogP contribution in [0, 0.1) is 24.6 Å². The number of nitrogens with two attached hydrogens (primary N) is 1. The summed E-state index contributed by atoms with van der Waals surface area (Å²) in [6.45, 7) is 4.10. The fourth-order valence-corrected chi connectivity index (χ4v) is 6.53. The van der Waals surface area contributed by atoms with Crippen LogP contribution in [0.2, 0.25) is 0 Å². The molecule has 3 aromatic carbocycles. The number of hydrogen-bond donors (Lipinski definition) is 3. The quantitative estimate of drug-likeness (QED) is 0.191. The number of terminal acetylenes is 1. The van der Waals surface area contributed by atoms with Crippen molar-refractivity contribution < 1.29 is 37.0 Å². The number of halogens is 1. The second-order valence-corrected chi connectivity index (χ2v) is 12.7. The van der Waals surface area contributed by atoms with Crippen LogP contribution in [0.25, 0.3) is 10.8 Å². The monoisotopic (exact) mass is 678 g/mol. The van der Waals surface area contributed by atoms with Crippen LogP contribution >= 0.6 is 0 Å². The fourth-order valence-electron chi connectivity index (χ4n) is 5.39. The molecule has 11 nitrogen and oxygen atoms in total. The van der Waals surface area contributed by atoms with Gasteiger partial charge in [-0.25, -0.2) is 17.8 Å². The van der Waals surface area contributed by atoms with Gasteiger partial charge in [0, 0.05) is 29.9 Å². The minimum Gasteiger partial charge on any atom is -0.493 e. The summed E-state index contributed by atoms with van der Waals surface area (Å²) in [6.07, 6.45) is 9.85. The van der Waals surface area contributed by atoms with Crippen LogP contribution in [-0.2, 0) is 19.4 Å². The van der Waals surface area contributed by atoms with Crippen LogP contribution in [-0.4, -0.2) is 67.8 Å². The van der Waals surface area contributed by atoms with E-state index in [0.29, 0.717) is 35.2 Å². The number of carboxylic acid groups (broad SMARTS) is 1. The first-order valence-corrected chi connectivity index (χ1v) is 16.7. The number of nitrogen functional groups attached to an aromatic ring is 1. The number of methoxy groups -OCH3 is 1. The Morgan fingerprint density at radius 2 is 1.81 bits per heavy atom. The van der Waals surface area contributed by atoms with Crippen LogP contribution in [0.15, 0.2) is 77.8 Å². The SMILES string of the molecule is C#C.CCOc1ccc(F)cc1OC.CCS(=O)(=O)c1ccccc1[C@H]1[C@@H](C(=O)O)CCN1C(=O)CNc1ccc2c(N)nccc2c1. The molecule has 4 aromatic rings. The van der Waals surface area contributed by atoms with Gasteiger partial charge in [-0.1, -0.05) is 25.1 Å². The van der Waals surface area contributed by atoms with Gasteiger partial charge in [-0.05, 0) is 66.8 Å². The van der Waals surface area contributed by atoms with Crippen LogP contribution < -0.4 is 20.5 Å². The fraction of sp³-hybridized carbons (Fsp3) is 0.286. The van der Waals surface area contributed by atoms with E-state index in [1.54, 1.807) is 36.5 Å². The van der Waals surface area contributed by atoms with Crippen LogP contribution in [0.1, 0.15) is 31.9 Å². The highest BCUT2D eigenvalue weighted by molar-refractivity contribution is 7.91. The Bertz CT molecular complexity index is 1870. The van der Waals surface area contributed by atoms with Crippen molar-refractivity contribution >= 4 is 44.0 Å². The van der Waals surface area contributed by atoms with Gasteiger partial charge >= 0.3 is 5.97 Å². The predicted octanol–water partition coefficient (Wildman–Crippen LogP) is 5.18. The molecule has 1 aliphatic rings. The number of sulfone groups is 1. The van der Waals surface area contributed by atoms with E-state index in [1.165, 1.54) is 37.1 Å². The molecule has 48 heavy (non-hydrogen) atoms. The molecule has 0 bridgehead atoms. The number of anilines is 2. The summed E-state index contributed by atoms with van der Waals surface area (Å²) >= 11 is 0. The lowest BCUT2D eigenvalue weighted by Crippen LogP contribution is -2.37. The highest BCUT2D eigenvalue weighted by Crippen LogP contribution is 2.40. The lowest BCUT2D eigenvalue weighted by atomic mass is 9.93. The number of ether oxygens (including phenoxy) is 2. The first-order valence-electron chi connectivity index (χ1n) is 15.0. The summed E-state index contributed by atoms with van der Waals surface area (Å²) in [6, 6.07) is 16.9. The topological polar surface area (TPSA) is 161 Å². The Balaban J connectivity index is 0.000000375. The van der Waals surface area contributed by atoms with E-state index in [1.807, 2.05) is 25.1 Å². The lowest BCUT2D eigenvalue weighted by molar-refractivity contribution is -0.143. The van der Waals surface area contributed by atoms with Crippen molar-refractivity contribution in [2.24, 2.45) is 5.92 Å². The average Bonchev–Trinajstić information content (AvgIpc) is 3.55. The number of hydrogen-bond acceptors (Lipinski definition) is 9. The smallest absolute Gasteiger partial charge is 0.309 e. The van der Waals surface area contributed by atoms with Crippen LogP contribution in [0.3, 0.4) is 0 Å². The number of amides is 1. The predicted molar refractivity (Wildman–Crippen MR) is 183 cm³/mol. The van der Waals surface area contributed by atoms with Crippen molar-refractivity contribution in [2.45, 2.75) is 31.2 Å². The largest absolute Gasteiger partial charge is 0.493 e. The van der Waals surface area contributed by atoms with Gasteiger partial charge in [0.05, 0.1) is 42.9 Å². The second kappa shape index (κ2) is 17.0. The molecule has 1 fully saturated rings. The second-order valence-electron chi connectivity index (χ2n) is 10.4. The third-order valence-electron chi connectivity index (χ3n) is 7.65. The van der Waals surface area contributed by atoms with Gasteiger partial charge < -0.3 is 30.5 Å². The molecule has 254 valence electrons. The number of carbonyl (C=O) groups is 2. The normalized spacial score (nSPS) is 15.3. The summed E-state index contributed by atoms with van der Waals surface area (Å²) in [5, 5.41) is 14.6. The molecule has 13 heteroatoms. The summed E-state index contributed by atoms with van der Waals surface area (Å²) in [5.74, 6) is -1.29. The number of rotatable bonds is 10. The minimum atomic E-state index is -3.61. The number of carboxylic acids is 1. The molecule has 0 saturated carbocycles. The number of aliphatic carboxylic acids is 1. The maximum Gasteiger partial charge on any atom is 0.309 e. The van der Waals surface area contributed by atoms with E-state index in [0.717, 1.165) is 10.8 Å². The summed E-state index contributed by atoms with van der Waals surface area (Å²) in [7, 11) is -2.12. The molecular weight excluding hydrogens is 639 g/mol. The molecule has 2 heterocycles. The maximum absolute atomic E-state index is 13.2. The van der Waals surface area contributed by atoms with Crippen molar-refractivity contribution in [3.63, 3.8) is 0 Å². The van der Waals surface area contributed by atoms with Crippen LogP contribution in [0.5, 0.6) is 11.5 Å². The Labute approximate surface area is 279 Å². The molecular formula is C35H39FN4O7S. The zero-order valence-electron chi connectivity index (χ0n) is 26.9. The van der Waals surface area contributed by atoms with Gasteiger partial charge in [-0.3, -0.25) is 9.59 Å². The zero-order chi connectivity index (χ0) is 35.4. The third-order valence-corrected chi connectivity index (χ3v) is 9.45. The van der Waals surface area contributed by atoms with Crippen molar-refractivity contribution in [1.82, 2.24) is 9.88 Å². The van der Waals surface area contributed by atoms with E-state index in [2.05, 4.69) is 23.1 Å². The highest BCUT2D eigenvalue weighted by atomic mass is 32.2. The molecule has 5 rings (SSSR count). The maximum atomic E-state index is 13.2. The number of nitrogens with one attached hydrogen (secondary N) is 1. The van der Waals surface area contributed by atoms with E-state index in [-0.39, 0.29) is 41.9 Å². The van der Waals surface area contributed by atoms with Gasteiger partial charge in [-0.2, -0.15) is 0 Å². The number of benzene rings is 3. The van der Waals surface area contributed by atoms with Gasteiger partial charge in [0.2, 0.25) is 5.91 Å². The van der Waals surface area contributed by atoms with Gasteiger partial charge in [0.1, 0.15) is 11.6 Å². The standard InChI is InChI=1S/C24H26N4O5S.C9H11FO2.C2H2/c1-2-34(32,33)20-6-4-3-5-18(20)22-19(24(30)31)10-12-28(22)21(29)14-27-16-7-8-17-15(13-16)9-11-26-23(17)25;1-3-12-8-5-4-7(10)6-9(8)11-2;1-2/h3-9,11,13,19,22,27H,2,10,12,14H2,1H3,(H2,25,26)(H,30,31);4-6H,3H2,1-2H3;1-2H/t19-,22-;;/m0../s1. The molecule has 2 atom stereocenters. The van der Waals surface area contributed by atoms with Crippen molar-refractivity contribution in [3.05, 3.63) is 84.3 Å². The van der Waals surface area contributed by atoms with E-state index in [9.17, 15) is 27.5 Å². The van der Waals surface area contributed by atoms with E-state index in [4.69, 9.17) is 15.2 Å².